The summed E-state index contributed by atoms with van der Waals surface area (Å²) in [5, 5.41) is 3.95. The third-order valence-electron chi connectivity index (χ3n) is 3.70. The molecule has 0 atom stereocenters. The van der Waals surface area contributed by atoms with Crippen LogP contribution in [0.5, 0.6) is 0 Å². The molecule has 0 spiro atoms. The molecule has 112 valence electrons. The summed E-state index contributed by atoms with van der Waals surface area (Å²) in [4.78, 5) is 17.5. The first-order valence-electron chi connectivity index (χ1n) is 7.32. The average molecular weight is 288 g/mol. The Bertz CT molecular complexity index is 591. The van der Waals surface area contributed by atoms with Gasteiger partial charge in [0.1, 0.15) is 12.1 Å². The summed E-state index contributed by atoms with van der Waals surface area (Å²) in [6, 6.07) is 2.08. The maximum absolute atomic E-state index is 5.01. The molecule has 2 aromatic heterocycles. The Morgan fingerprint density at radius 1 is 1.19 bits per heavy atom. The van der Waals surface area contributed by atoms with E-state index in [1.165, 1.54) is 0 Å². The second-order valence-corrected chi connectivity index (χ2v) is 5.21. The number of anilines is 1. The van der Waals surface area contributed by atoms with Crippen LogP contribution >= 0.6 is 0 Å². The van der Waals surface area contributed by atoms with Gasteiger partial charge in [0, 0.05) is 44.9 Å². The summed E-state index contributed by atoms with van der Waals surface area (Å²) in [6.45, 7) is 8.52. The molecule has 0 aliphatic carbocycles. The van der Waals surface area contributed by atoms with E-state index in [0.29, 0.717) is 5.89 Å². The van der Waals surface area contributed by atoms with Crippen LogP contribution in [0, 0.1) is 6.92 Å². The highest BCUT2D eigenvalue weighted by Gasteiger charge is 2.19. The van der Waals surface area contributed by atoms with Crippen molar-refractivity contribution in [3.05, 3.63) is 29.8 Å². The van der Waals surface area contributed by atoms with Crippen molar-refractivity contribution in [2.75, 3.05) is 31.1 Å². The van der Waals surface area contributed by atoms with Crippen molar-refractivity contribution in [1.82, 2.24) is 25.0 Å². The quantitative estimate of drug-likeness (QED) is 0.832. The summed E-state index contributed by atoms with van der Waals surface area (Å²) in [6.07, 6.45) is 2.59. The fourth-order valence-electron chi connectivity index (χ4n) is 2.49. The molecule has 3 rings (SSSR count). The van der Waals surface area contributed by atoms with Crippen molar-refractivity contribution in [1.29, 1.82) is 0 Å². The maximum atomic E-state index is 5.01. The van der Waals surface area contributed by atoms with Crippen LogP contribution in [0.25, 0.3) is 0 Å². The predicted molar refractivity (Wildman–Crippen MR) is 77.9 cm³/mol. The molecule has 0 bridgehead atoms. The third-order valence-corrected chi connectivity index (χ3v) is 3.70. The van der Waals surface area contributed by atoms with Gasteiger partial charge in [-0.1, -0.05) is 12.1 Å². The monoisotopic (exact) mass is 288 g/mol. The SMILES string of the molecule is CCc1cc(N2CCN(Cc3noc(C)n3)CC2)ncn1. The molecule has 1 saturated heterocycles. The van der Waals surface area contributed by atoms with Gasteiger partial charge in [-0.25, -0.2) is 9.97 Å². The minimum atomic E-state index is 0.622. The summed E-state index contributed by atoms with van der Waals surface area (Å²) in [5.74, 6) is 2.41. The molecule has 0 N–H and O–H groups in total. The molecule has 0 radical (unpaired) electrons. The number of aryl methyl sites for hydroxylation is 2. The van der Waals surface area contributed by atoms with Gasteiger partial charge in [0.15, 0.2) is 5.82 Å². The molecule has 0 saturated carbocycles. The Morgan fingerprint density at radius 3 is 2.67 bits per heavy atom. The summed E-state index contributed by atoms with van der Waals surface area (Å²) < 4.78 is 5.01. The number of nitrogens with zero attached hydrogens (tertiary/aromatic N) is 6. The third kappa shape index (κ3) is 3.36. The molecule has 21 heavy (non-hydrogen) atoms. The molecule has 2 aromatic rings. The lowest BCUT2D eigenvalue weighted by atomic mass is 10.2. The highest BCUT2D eigenvalue weighted by molar-refractivity contribution is 5.39. The highest BCUT2D eigenvalue weighted by Crippen LogP contribution is 2.15. The Kier molecular flexibility index (Phi) is 4.10. The topological polar surface area (TPSA) is 71.2 Å². The standard InChI is InChI=1S/C14H20N6O/c1-3-12-8-14(16-10-15-12)20-6-4-19(5-7-20)9-13-17-11(2)21-18-13/h8,10H,3-7,9H2,1-2H3. The summed E-state index contributed by atoms with van der Waals surface area (Å²) in [5.41, 5.74) is 1.09. The minimum Gasteiger partial charge on any atom is -0.354 e. The Balaban J connectivity index is 1.57. The van der Waals surface area contributed by atoms with Crippen LogP contribution in [0.1, 0.15) is 24.3 Å². The van der Waals surface area contributed by atoms with Crippen molar-refractivity contribution in [2.24, 2.45) is 0 Å². The Labute approximate surface area is 124 Å². The minimum absolute atomic E-state index is 0.622. The number of aromatic nitrogens is 4. The van der Waals surface area contributed by atoms with Crippen LogP contribution in [0.4, 0.5) is 5.82 Å². The molecule has 0 amide bonds. The lowest BCUT2D eigenvalue weighted by Gasteiger charge is -2.34. The zero-order chi connectivity index (χ0) is 14.7. The Hall–Kier alpha value is -2.02. The second-order valence-electron chi connectivity index (χ2n) is 5.21. The van der Waals surface area contributed by atoms with Gasteiger partial charge in [0.25, 0.3) is 0 Å². The van der Waals surface area contributed by atoms with Crippen LogP contribution in [-0.4, -0.2) is 51.2 Å². The molecule has 7 heteroatoms. The van der Waals surface area contributed by atoms with Gasteiger partial charge >= 0.3 is 0 Å². The van der Waals surface area contributed by atoms with Crippen LogP contribution in [0.3, 0.4) is 0 Å². The molecule has 1 fully saturated rings. The lowest BCUT2D eigenvalue weighted by Crippen LogP contribution is -2.46. The lowest BCUT2D eigenvalue weighted by molar-refractivity contribution is 0.239. The van der Waals surface area contributed by atoms with Gasteiger partial charge < -0.3 is 9.42 Å². The molecule has 1 aliphatic rings. The molecule has 3 heterocycles. The zero-order valence-electron chi connectivity index (χ0n) is 12.5. The van der Waals surface area contributed by atoms with Crippen LogP contribution in [0.15, 0.2) is 16.9 Å². The van der Waals surface area contributed by atoms with E-state index in [9.17, 15) is 0 Å². The van der Waals surface area contributed by atoms with E-state index in [2.05, 4.69) is 42.9 Å². The van der Waals surface area contributed by atoms with Gasteiger partial charge in [0.05, 0.1) is 6.54 Å². The van der Waals surface area contributed by atoms with E-state index in [4.69, 9.17) is 4.52 Å². The maximum Gasteiger partial charge on any atom is 0.223 e. The fraction of sp³-hybridized carbons (Fsp3) is 0.571. The second kappa shape index (κ2) is 6.17. The first kappa shape index (κ1) is 13.9. The molecule has 1 aliphatic heterocycles. The molecule has 0 unspecified atom stereocenters. The molecule has 7 nitrogen and oxygen atoms in total. The van der Waals surface area contributed by atoms with E-state index in [0.717, 1.165) is 56.5 Å². The van der Waals surface area contributed by atoms with Crippen molar-refractivity contribution in [3.63, 3.8) is 0 Å². The first-order valence-corrected chi connectivity index (χ1v) is 7.32. The number of hydrogen-bond donors (Lipinski definition) is 0. The molecular weight excluding hydrogens is 268 g/mol. The van der Waals surface area contributed by atoms with Crippen molar-refractivity contribution >= 4 is 5.82 Å². The van der Waals surface area contributed by atoms with Gasteiger partial charge in [-0.05, 0) is 6.42 Å². The number of hydrogen-bond acceptors (Lipinski definition) is 7. The summed E-state index contributed by atoms with van der Waals surface area (Å²) >= 11 is 0. The number of piperazine rings is 1. The largest absolute Gasteiger partial charge is 0.354 e. The van der Waals surface area contributed by atoms with E-state index < -0.39 is 0 Å². The van der Waals surface area contributed by atoms with Gasteiger partial charge in [-0.2, -0.15) is 4.98 Å². The van der Waals surface area contributed by atoms with Gasteiger partial charge in [0.2, 0.25) is 5.89 Å². The van der Waals surface area contributed by atoms with Gasteiger partial charge in [-0.15, -0.1) is 0 Å². The van der Waals surface area contributed by atoms with Gasteiger partial charge in [-0.3, -0.25) is 4.90 Å². The van der Waals surface area contributed by atoms with Crippen LogP contribution < -0.4 is 4.90 Å². The van der Waals surface area contributed by atoms with E-state index >= 15 is 0 Å². The van der Waals surface area contributed by atoms with Crippen LogP contribution in [-0.2, 0) is 13.0 Å². The van der Waals surface area contributed by atoms with Crippen molar-refractivity contribution in [2.45, 2.75) is 26.8 Å². The normalized spacial score (nSPS) is 16.4. The molecular formula is C14H20N6O. The highest BCUT2D eigenvalue weighted by atomic mass is 16.5. The van der Waals surface area contributed by atoms with E-state index in [1.54, 1.807) is 6.33 Å². The predicted octanol–water partition coefficient (Wildman–Crippen LogP) is 1.05. The smallest absolute Gasteiger partial charge is 0.223 e. The van der Waals surface area contributed by atoms with Crippen molar-refractivity contribution in [3.8, 4) is 0 Å². The number of rotatable bonds is 4. The van der Waals surface area contributed by atoms with Crippen LogP contribution in [0.2, 0.25) is 0 Å². The summed E-state index contributed by atoms with van der Waals surface area (Å²) in [7, 11) is 0. The fourth-order valence-corrected chi connectivity index (χ4v) is 2.49. The first-order chi connectivity index (χ1) is 10.2. The Morgan fingerprint density at radius 2 is 2.00 bits per heavy atom. The molecule has 0 aromatic carbocycles. The average Bonchev–Trinajstić information content (AvgIpc) is 2.93. The van der Waals surface area contributed by atoms with Crippen molar-refractivity contribution < 1.29 is 4.52 Å². The zero-order valence-corrected chi connectivity index (χ0v) is 12.5. The van der Waals surface area contributed by atoms with E-state index in [1.807, 2.05) is 6.92 Å². The van der Waals surface area contributed by atoms with E-state index in [-0.39, 0.29) is 0 Å².